The third kappa shape index (κ3) is 0.655. The Kier molecular flexibility index (Phi) is 0.943. The lowest BCUT2D eigenvalue weighted by Gasteiger charge is -2.04. The van der Waals surface area contributed by atoms with Crippen molar-refractivity contribution in [2.75, 3.05) is 0 Å². The van der Waals surface area contributed by atoms with Crippen LogP contribution in [0.4, 0.5) is 0 Å². The third-order valence-corrected chi connectivity index (χ3v) is 1.38. The van der Waals surface area contributed by atoms with Crippen LogP contribution in [-0.2, 0) is 11.3 Å². The largest absolute Gasteiger partial charge is 0.270 e. The summed E-state index contributed by atoms with van der Waals surface area (Å²) in [6.45, 7) is 0.277. The number of carbonyl (C=O) groups is 1. The van der Waals surface area contributed by atoms with Crippen LogP contribution in [-0.4, -0.2) is 21.9 Å². The van der Waals surface area contributed by atoms with Crippen molar-refractivity contribution in [1.82, 2.24) is 9.78 Å². The van der Waals surface area contributed by atoms with Crippen LogP contribution in [0.1, 0.15) is 5.69 Å². The summed E-state index contributed by atoms with van der Waals surface area (Å²) in [5, 5.41) is 3.91. The average Bonchev–Trinajstić information content (AvgIpc) is 2.33. The Morgan fingerprint density at radius 2 is 2.50 bits per heavy atom. The Morgan fingerprint density at radius 1 is 1.60 bits per heavy atom. The lowest BCUT2D eigenvalue weighted by Crippen LogP contribution is -2.16. The first-order chi connectivity index (χ1) is 4.86. The fourth-order valence-corrected chi connectivity index (χ4v) is 0.892. The van der Waals surface area contributed by atoms with E-state index in [-0.39, 0.29) is 12.5 Å². The van der Waals surface area contributed by atoms with Gasteiger partial charge in [-0.15, -0.1) is 0 Å². The first-order valence-corrected chi connectivity index (χ1v) is 2.95. The number of amides is 1. The van der Waals surface area contributed by atoms with Gasteiger partial charge < -0.3 is 0 Å². The molecule has 1 aliphatic heterocycles. The van der Waals surface area contributed by atoms with Gasteiger partial charge in [-0.1, -0.05) is 0 Å². The van der Waals surface area contributed by atoms with E-state index in [1.54, 1.807) is 10.9 Å². The fourth-order valence-electron chi connectivity index (χ4n) is 0.892. The van der Waals surface area contributed by atoms with Crippen LogP contribution >= 0.6 is 0 Å². The van der Waals surface area contributed by atoms with Gasteiger partial charge >= 0.3 is 0 Å². The second-order valence-corrected chi connectivity index (χ2v) is 2.07. The molecule has 1 aromatic rings. The molecule has 0 spiro atoms. The van der Waals surface area contributed by atoms with Crippen LogP contribution in [0.3, 0.4) is 0 Å². The standard InChI is InChI=1S/C6H5N3O/c10-6-4-9-5(3-7-6)1-2-8-9/h1-3H,4H2. The first kappa shape index (κ1) is 5.34. The first-order valence-electron chi connectivity index (χ1n) is 2.95. The van der Waals surface area contributed by atoms with Crippen LogP contribution in [0.2, 0.25) is 0 Å². The zero-order valence-corrected chi connectivity index (χ0v) is 5.19. The molecule has 0 aliphatic carbocycles. The smallest absolute Gasteiger partial charge is 0.267 e. The molecule has 1 amide bonds. The van der Waals surface area contributed by atoms with Gasteiger partial charge in [-0.3, -0.25) is 9.48 Å². The summed E-state index contributed by atoms with van der Waals surface area (Å²) in [5.74, 6) is -0.142. The van der Waals surface area contributed by atoms with Crippen molar-refractivity contribution in [3.63, 3.8) is 0 Å². The van der Waals surface area contributed by atoms with Crippen molar-refractivity contribution in [3.05, 3.63) is 18.0 Å². The van der Waals surface area contributed by atoms with Crippen molar-refractivity contribution in [2.45, 2.75) is 6.54 Å². The molecule has 0 saturated carbocycles. The predicted molar refractivity (Wildman–Crippen MR) is 34.8 cm³/mol. The van der Waals surface area contributed by atoms with Crippen molar-refractivity contribution < 1.29 is 4.79 Å². The maximum absolute atomic E-state index is 10.7. The van der Waals surface area contributed by atoms with E-state index >= 15 is 0 Å². The van der Waals surface area contributed by atoms with Crippen molar-refractivity contribution in [3.8, 4) is 0 Å². The average molecular weight is 135 g/mol. The van der Waals surface area contributed by atoms with E-state index in [1.165, 1.54) is 6.21 Å². The Balaban J connectivity index is 2.52. The summed E-state index contributed by atoms with van der Waals surface area (Å²) >= 11 is 0. The van der Waals surface area contributed by atoms with Gasteiger partial charge in [-0.2, -0.15) is 5.10 Å². The van der Waals surface area contributed by atoms with E-state index in [9.17, 15) is 4.79 Å². The summed E-state index contributed by atoms with van der Waals surface area (Å²) in [4.78, 5) is 14.3. The molecule has 0 bridgehead atoms. The SMILES string of the molecule is O=C1Cn2nccc2C=N1. The second-order valence-electron chi connectivity index (χ2n) is 2.07. The molecule has 0 radical (unpaired) electrons. The van der Waals surface area contributed by atoms with Crippen molar-refractivity contribution in [2.24, 2.45) is 4.99 Å². The van der Waals surface area contributed by atoms with E-state index in [1.807, 2.05) is 6.07 Å². The minimum atomic E-state index is -0.142. The summed E-state index contributed by atoms with van der Waals surface area (Å²) in [7, 11) is 0. The van der Waals surface area contributed by atoms with Gasteiger partial charge in [0.2, 0.25) is 0 Å². The van der Waals surface area contributed by atoms with Gasteiger partial charge in [-0.25, -0.2) is 4.99 Å². The molecule has 0 saturated heterocycles. The number of rotatable bonds is 0. The molecular weight excluding hydrogens is 130 g/mol. The van der Waals surface area contributed by atoms with Crippen LogP contribution in [0, 0.1) is 0 Å². The molecule has 4 nitrogen and oxygen atoms in total. The van der Waals surface area contributed by atoms with Crippen LogP contribution in [0.25, 0.3) is 0 Å². The molecule has 1 aromatic heterocycles. The van der Waals surface area contributed by atoms with Gasteiger partial charge in [0.15, 0.2) is 0 Å². The molecule has 0 aromatic carbocycles. The van der Waals surface area contributed by atoms with E-state index in [0.29, 0.717) is 0 Å². The highest BCUT2D eigenvalue weighted by Gasteiger charge is 2.09. The lowest BCUT2D eigenvalue weighted by molar-refractivity contribution is -0.118. The summed E-state index contributed by atoms with van der Waals surface area (Å²) in [5.41, 5.74) is 0.889. The summed E-state index contributed by atoms with van der Waals surface area (Å²) in [6, 6.07) is 1.82. The molecule has 0 unspecified atom stereocenters. The van der Waals surface area contributed by atoms with E-state index in [2.05, 4.69) is 10.1 Å². The van der Waals surface area contributed by atoms with Crippen LogP contribution < -0.4 is 0 Å². The maximum atomic E-state index is 10.7. The zero-order valence-electron chi connectivity index (χ0n) is 5.19. The van der Waals surface area contributed by atoms with Gasteiger partial charge in [0, 0.05) is 6.20 Å². The maximum Gasteiger partial charge on any atom is 0.267 e. The van der Waals surface area contributed by atoms with E-state index in [4.69, 9.17) is 0 Å². The molecule has 0 atom stereocenters. The number of aromatic nitrogens is 2. The fraction of sp³-hybridized carbons (Fsp3) is 0.167. The minimum Gasteiger partial charge on any atom is -0.270 e. The van der Waals surface area contributed by atoms with Gasteiger partial charge in [0.05, 0.1) is 11.9 Å². The Morgan fingerprint density at radius 3 is 3.40 bits per heavy atom. The Bertz CT molecular complexity index is 300. The topological polar surface area (TPSA) is 47.2 Å². The number of hydrogen-bond acceptors (Lipinski definition) is 2. The number of nitrogens with zero attached hydrogens (tertiary/aromatic N) is 3. The highest BCUT2D eigenvalue weighted by molar-refractivity contribution is 5.93. The van der Waals surface area contributed by atoms with Crippen molar-refractivity contribution in [1.29, 1.82) is 0 Å². The summed E-state index contributed by atoms with van der Waals surface area (Å²) in [6.07, 6.45) is 3.18. The molecule has 2 heterocycles. The number of aliphatic imine (C=N–C) groups is 1. The second kappa shape index (κ2) is 1.76. The molecule has 50 valence electrons. The predicted octanol–water partition coefficient (Wildman–Crippen LogP) is -0.158. The minimum absolute atomic E-state index is 0.142. The molecular formula is C6H5N3O. The highest BCUT2D eigenvalue weighted by Crippen LogP contribution is 2.00. The quantitative estimate of drug-likeness (QED) is 0.496. The van der Waals surface area contributed by atoms with Crippen molar-refractivity contribution >= 4 is 12.1 Å². The zero-order chi connectivity index (χ0) is 6.97. The third-order valence-electron chi connectivity index (χ3n) is 1.38. The van der Waals surface area contributed by atoms with E-state index in [0.717, 1.165) is 5.69 Å². The molecule has 0 fully saturated rings. The monoisotopic (exact) mass is 135 g/mol. The Hall–Kier alpha value is -1.45. The highest BCUT2D eigenvalue weighted by atomic mass is 16.1. The number of hydrogen-bond donors (Lipinski definition) is 0. The number of carbonyl (C=O) groups excluding carboxylic acids is 1. The van der Waals surface area contributed by atoms with E-state index < -0.39 is 0 Å². The molecule has 2 rings (SSSR count). The van der Waals surface area contributed by atoms with Crippen LogP contribution in [0.5, 0.6) is 0 Å². The molecule has 1 aliphatic rings. The number of fused-ring (bicyclic) bond motifs is 1. The molecule has 10 heavy (non-hydrogen) atoms. The summed E-state index contributed by atoms with van der Waals surface area (Å²) < 4.78 is 1.62. The van der Waals surface area contributed by atoms with Crippen LogP contribution in [0.15, 0.2) is 17.3 Å². The normalized spacial score (nSPS) is 15.4. The Labute approximate surface area is 57.2 Å². The van der Waals surface area contributed by atoms with Gasteiger partial charge in [-0.05, 0) is 6.07 Å². The molecule has 4 heteroatoms. The van der Waals surface area contributed by atoms with Gasteiger partial charge in [0.25, 0.3) is 5.91 Å². The molecule has 0 N–H and O–H groups in total. The lowest BCUT2D eigenvalue weighted by atomic mass is 10.4. The van der Waals surface area contributed by atoms with Gasteiger partial charge in [0.1, 0.15) is 6.54 Å².